The first-order chi connectivity index (χ1) is 10.6. The van der Waals surface area contributed by atoms with Gasteiger partial charge in [-0.05, 0) is 12.1 Å². The van der Waals surface area contributed by atoms with E-state index in [1.54, 1.807) is 16.3 Å². The molecule has 0 aliphatic rings. The van der Waals surface area contributed by atoms with E-state index in [0.717, 1.165) is 22.2 Å². The molecule has 0 bridgehead atoms. The number of fused-ring (bicyclic) bond motifs is 1. The zero-order chi connectivity index (χ0) is 15.5. The average Bonchev–Trinajstić information content (AvgIpc) is 3.14. The molecule has 0 atom stereocenters. The van der Waals surface area contributed by atoms with E-state index in [1.165, 1.54) is 6.07 Å². The molecule has 0 unspecified atom stereocenters. The van der Waals surface area contributed by atoms with Crippen molar-refractivity contribution < 1.29 is 14.3 Å². The summed E-state index contributed by atoms with van der Waals surface area (Å²) in [5, 5.41) is 6.84. The number of esters is 1. The molecular formula is C15H13N3O3S. The third-order valence-electron chi connectivity index (χ3n) is 3.17. The van der Waals surface area contributed by atoms with Crippen LogP contribution in [-0.4, -0.2) is 28.3 Å². The number of para-hydroxylation sites is 1. The Hall–Kier alpha value is -2.67. The Labute approximate surface area is 130 Å². The maximum Gasteiger partial charge on any atom is 0.348 e. The average molecular weight is 315 g/mol. The molecule has 1 aromatic carbocycles. The first-order valence-electron chi connectivity index (χ1n) is 6.61. The van der Waals surface area contributed by atoms with Crippen LogP contribution in [0.4, 0.5) is 0 Å². The van der Waals surface area contributed by atoms with E-state index in [-0.39, 0.29) is 6.61 Å². The molecule has 2 heterocycles. The van der Waals surface area contributed by atoms with E-state index < -0.39 is 11.9 Å². The summed E-state index contributed by atoms with van der Waals surface area (Å²) in [5.74, 6) is -1.02. The number of aromatic nitrogens is 2. The van der Waals surface area contributed by atoms with E-state index in [0.29, 0.717) is 17.0 Å². The number of thiophene rings is 1. The van der Waals surface area contributed by atoms with Crippen molar-refractivity contribution in [2.24, 2.45) is 5.73 Å². The van der Waals surface area contributed by atoms with Crippen molar-refractivity contribution in [2.45, 2.75) is 6.54 Å². The number of hydrogen-bond donors (Lipinski definition) is 1. The van der Waals surface area contributed by atoms with Gasteiger partial charge in [-0.1, -0.05) is 18.2 Å². The number of carbonyl (C=O) groups excluding carboxylic acids is 2. The number of benzene rings is 1. The van der Waals surface area contributed by atoms with Crippen molar-refractivity contribution in [1.29, 1.82) is 0 Å². The monoisotopic (exact) mass is 315 g/mol. The Morgan fingerprint density at radius 3 is 2.91 bits per heavy atom. The number of hydrogen-bond acceptors (Lipinski definition) is 5. The highest BCUT2D eigenvalue weighted by atomic mass is 32.1. The minimum atomic E-state index is -0.557. The van der Waals surface area contributed by atoms with E-state index in [4.69, 9.17) is 10.5 Å². The van der Waals surface area contributed by atoms with Crippen LogP contribution in [0.5, 0.6) is 0 Å². The van der Waals surface area contributed by atoms with Crippen molar-refractivity contribution in [3.8, 4) is 0 Å². The molecule has 0 saturated heterocycles. The van der Waals surface area contributed by atoms with Crippen LogP contribution in [0.2, 0.25) is 0 Å². The maximum absolute atomic E-state index is 11.9. The Morgan fingerprint density at radius 1 is 1.32 bits per heavy atom. The second kappa shape index (κ2) is 5.98. The molecule has 0 saturated carbocycles. The Bertz CT molecular complexity index is 837. The van der Waals surface area contributed by atoms with E-state index in [2.05, 4.69) is 5.10 Å². The fraction of sp³-hybridized carbons (Fsp3) is 0.133. The smallest absolute Gasteiger partial charge is 0.348 e. The SMILES string of the molecule is NC(=O)c1csc(C(=O)OCCn2ncc3ccccc32)c1. The minimum absolute atomic E-state index is 0.203. The number of rotatable bonds is 5. The van der Waals surface area contributed by atoms with Crippen molar-refractivity contribution >= 4 is 34.1 Å². The summed E-state index contributed by atoms with van der Waals surface area (Å²) in [4.78, 5) is 23.2. The van der Waals surface area contributed by atoms with E-state index in [1.807, 2.05) is 24.3 Å². The highest BCUT2D eigenvalue weighted by molar-refractivity contribution is 7.12. The molecule has 0 aliphatic carbocycles. The lowest BCUT2D eigenvalue weighted by Crippen LogP contribution is -2.12. The number of nitrogens with two attached hydrogens (primary N) is 1. The molecular weight excluding hydrogens is 302 g/mol. The van der Waals surface area contributed by atoms with Gasteiger partial charge in [0.15, 0.2) is 0 Å². The molecule has 0 fully saturated rings. The van der Waals surface area contributed by atoms with Crippen LogP contribution in [0.3, 0.4) is 0 Å². The zero-order valence-corrected chi connectivity index (χ0v) is 12.4. The van der Waals surface area contributed by atoms with Crippen LogP contribution in [0.15, 0.2) is 41.9 Å². The lowest BCUT2D eigenvalue weighted by Gasteiger charge is -2.05. The van der Waals surface area contributed by atoms with Gasteiger partial charge >= 0.3 is 5.97 Å². The van der Waals surface area contributed by atoms with E-state index >= 15 is 0 Å². The normalized spacial score (nSPS) is 10.7. The number of amides is 1. The third kappa shape index (κ3) is 2.84. The lowest BCUT2D eigenvalue weighted by molar-refractivity contribution is 0.0495. The number of ether oxygens (including phenoxy) is 1. The fourth-order valence-electron chi connectivity index (χ4n) is 2.07. The topological polar surface area (TPSA) is 87.2 Å². The van der Waals surface area contributed by atoms with Crippen molar-refractivity contribution in [3.63, 3.8) is 0 Å². The van der Waals surface area contributed by atoms with Crippen molar-refractivity contribution in [1.82, 2.24) is 9.78 Å². The standard InChI is InChI=1S/C15H13N3O3S/c16-14(19)11-7-13(22-9-11)15(20)21-6-5-18-12-4-2-1-3-10(12)8-17-18/h1-4,7-9H,5-6H2,(H2,16,19). The highest BCUT2D eigenvalue weighted by Crippen LogP contribution is 2.16. The third-order valence-corrected chi connectivity index (χ3v) is 4.08. The molecule has 112 valence electrons. The van der Waals surface area contributed by atoms with Crippen LogP contribution < -0.4 is 5.73 Å². The predicted molar refractivity (Wildman–Crippen MR) is 82.9 cm³/mol. The molecule has 6 nitrogen and oxygen atoms in total. The van der Waals surface area contributed by atoms with Gasteiger partial charge in [-0.25, -0.2) is 4.79 Å². The first kappa shape index (κ1) is 14.3. The Morgan fingerprint density at radius 2 is 2.14 bits per heavy atom. The van der Waals surface area contributed by atoms with Gasteiger partial charge in [-0.15, -0.1) is 11.3 Å². The van der Waals surface area contributed by atoms with Gasteiger partial charge in [0.25, 0.3) is 0 Å². The number of carbonyl (C=O) groups is 2. The van der Waals surface area contributed by atoms with Crippen LogP contribution in [-0.2, 0) is 11.3 Å². The quantitative estimate of drug-likeness (QED) is 0.730. The van der Waals surface area contributed by atoms with Crippen LogP contribution >= 0.6 is 11.3 Å². The van der Waals surface area contributed by atoms with Crippen molar-refractivity contribution in [2.75, 3.05) is 6.61 Å². The molecule has 3 rings (SSSR count). The Balaban J connectivity index is 1.60. The predicted octanol–water partition coefficient (Wildman–Crippen LogP) is 2.05. The summed E-state index contributed by atoms with van der Waals surface area (Å²) in [6.45, 7) is 0.668. The second-order valence-corrected chi connectivity index (χ2v) is 5.54. The molecule has 0 radical (unpaired) electrons. The van der Waals surface area contributed by atoms with Gasteiger partial charge in [0.1, 0.15) is 11.5 Å². The number of nitrogens with zero attached hydrogens (tertiary/aromatic N) is 2. The van der Waals surface area contributed by atoms with Crippen LogP contribution in [0.1, 0.15) is 20.0 Å². The molecule has 2 N–H and O–H groups in total. The molecule has 22 heavy (non-hydrogen) atoms. The molecule has 0 spiro atoms. The van der Waals surface area contributed by atoms with Crippen LogP contribution in [0.25, 0.3) is 10.9 Å². The maximum atomic E-state index is 11.9. The molecule has 2 aromatic heterocycles. The largest absolute Gasteiger partial charge is 0.460 e. The van der Waals surface area contributed by atoms with Crippen LogP contribution in [0, 0.1) is 0 Å². The second-order valence-electron chi connectivity index (χ2n) is 4.63. The van der Waals surface area contributed by atoms with Gasteiger partial charge in [0.2, 0.25) is 5.91 Å². The Kier molecular flexibility index (Phi) is 3.88. The summed E-state index contributed by atoms with van der Waals surface area (Å²) in [6.07, 6.45) is 1.77. The summed E-state index contributed by atoms with van der Waals surface area (Å²) in [6, 6.07) is 9.26. The van der Waals surface area contributed by atoms with Gasteiger partial charge in [-0.3, -0.25) is 9.48 Å². The molecule has 0 aliphatic heterocycles. The van der Waals surface area contributed by atoms with E-state index in [9.17, 15) is 9.59 Å². The summed E-state index contributed by atoms with van der Waals surface area (Å²) in [5.41, 5.74) is 6.45. The van der Waals surface area contributed by atoms with Gasteiger partial charge < -0.3 is 10.5 Å². The first-order valence-corrected chi connectivity index (χ1v) is 7.49. The molecule has 3 aromatic rings. The molecule has 1 amide bonds. The van der Waals surface area contributed by atoms with Crippen molar-refractivity contribution in [3.05, 3.63) is 52.3 Å². The summed E-state index contributed by atoms with van der Waals surface area (Å²) >= 11 is 1.14. The van der Waals surface area contributed by atoms with Gasteiger partial charge in [0.05, 0.1) is 23.8 Å². The lowest BCUT2D eigenvalue weighted by atomic mass is 10.3. The van der Waals surface area contributed by atoms with Gasteiger partial charge in [-0.2, -0.15) is 5.10 Å². The fourth-order valence-corrected chi connectivity index (χ4v) is 2.86. The molecule has 7 heteroatoms. The van der Waals surface area contributed by atoms with Gasteiger partial charge in [0, 0.05) is 10.8 Å². The minimum Gasteiger partial charge on any atom is -0.460 e. The summed E-state index contributed by atoms with van der Waals surface area (Å²) < 4.78 is 6.99. The summed E-state index contributed by atoms with van der Waals surface area (Å²) in [7, 11) is 0. The zero-order valence-electron chi connectivity index (χ0n) is 11.6. The number of primary amides is 1. The highest BCUT2D eigenvalue weighted by Gasteiger charge is 2.13.